The number of carboxylic acid groups (broad SMARTS) is 1. The molecule has 0 aliphatic carbocycles. The van der Waals surface area contributed by atoms with Crippen molar-refractivity contribution in [1.82, 2.24) is 15.1 Å². The monoisotopic (exact) mass is 329 g/mol. The summed E-state index contributed by atoms with van der Waals surface area (Å²) in [5.74, 6) is -0.0989. The topological polar surface area (TPSA) is 96.5 Å². The number of rotatable bonds is 5. The minimum absolute atomic E-state index is 0.0134. The van der Waals surface area contributed by atoms with Gasteiger partial charge in [-0.15, -0.1) is 10.2 Å². The lowest BCUT2D eigenvalue weighted by Gasteiger charge is -2.35. The maximum atomic E-state index is 12.6. The summed E-state index contributed by atoms with van der Waals surface area (Å²) in [5, 5.41) is 16.7. The molecule has 0 spiro atoms. The van der Waals surface area contributed by atoms with Gasteiger partial charge < -0.3 is 14.4 Å². The third-order valence-electron chi connectivity index (χ3n) is 4.18. The van der Waals surface area contributed by atoms with Crippen LogP contribution in [0, 0.1) is 6.92 Å². The van der Waals surface area contributed by atoms with E-state index in [1.54, 1.807) is 11.8 Å². The minimum Gasteiger partial charge on any atom is -0.481 e. The lowest BCUT2D eigenvalue weighted by Crippen LogP contribution is -2.39. The van der Waals surface area contributed by atoms with E-state index >= 15 is 0 Å². The van der Waals surface area contributed by atoms with Crippen LogP contribution in [0.5, 0.6) is 0 Å². The van der Waals surface area contributed by atoms with Crippen molar-refractivity contribution < 1.29 is 19.1 Å². The van der Waals surface area contributed by atoms with E-state index in [-0.39, 0.29) is 24.8 Å². The van der Waals surface area contributed by atoms with Gasteiger partial charge in [0.1, 0.15) is 6.04 Å². The van der Waals surface area contributed by atoms with Gasteiger partial charge in [-0.1, -0.05) is 24.3 Å². The molecule has 1 aliphatic rings. The zero-order chi connectivity index (χ0) is 17.1. The van der Waals surface area contributed by atoms with Crippen molar-refractivity contribution >= 4 is 11.9 Å². The molecule has 1 unspecified atom stereocenters. The Hall–Kier alpha value is -2.70. The Kier molecular flexibility index (Phi) is 4.59. The van der Waals surface area contributed by atoms with E-state index in [0.29, 0.717) is 31.2 Å². The first kappa shape index (κ1) is 16.2. The van der Waals surface area contributed by atoms with Crippen LogP contribution < -0.4 is 0 Å². The van der Waals surface area contributed by atoms with Crippen molar-refractivity contribution in [2.45, 2.75) is 45.2 Å². The van der Waals surface area contributed by atoms with E-state index in [4.69, 9.17) is 9.52 Å². The summed E-state index contributed by atoms with van der Waals surface area (Å²) in [6.07, 6.45) is 1.11. The van der Waals surface area contributed by atoms with Gasteiger partial charge in [-0.2, -0.15) is 0 Å². The molecule has 1 aromatic carbocycles. The van der Waals surface area contributed by atoms with Gasteiger partial charge in [0, 0.05) is 32.7 Å². The molecule has 7 heteroatoms. The average molecular weight is 329 g/mol. The normalized spacial score (nSPS) is 16.7. The van der Waals surface area contributed by atoms with Crippen LogP contribution in [0.15, 0.2) is 28.7 Å². The van der Waals surface area contributed by atoms with Crippen molar-refractivity contribution in [1.29, 1.82) is 0 Å². The fourth-order valence-corrected chi connectivity index (χ4v) is 2.99. The Bertz CT molecular complexity index is 756. The van der Waals surface area contributed by atoms with Crippen LogP contribution in [-0.2, 0) is 22.6 Å². The first-order valence-corrected chi connectivity index (χ1v) is 7.92. The number of hydrogen-bond acceptors (Lipinski definition) is 5. The summed E-state index contributed by atoms with van der Waals surface area (Å²) in [4.78, 5) is 25.0. The molecule has 1 N–H and O–H groups in total. The number of amides is 1. The van der Waals surface area contributed by atoms with Crippen molar-refractivity contribution in [3.8, 4) is 0 Å². The van der Waals surface area contributed by atoms with E-state index < -0.39 is 5.97 Å². The molecule has 2 aromatic rings. The molecule has 2 heterocycles. The maximum Gasteiger partial charge on any atom is 0.303 e. The predicted molar refractivity (Wildman–Crippen MR) is 84.0 cm³/mol. The minimum atomic E-state index is -0.893. The van der Waals surface area contributed by atoms with Gasteiger partial charge in [0.2, 0.25) is 17.7 Å². The fourth-order valence-electron chi connectivity index (χ4n) is 2.99. The first-order chi connectivity index (χ1) is 11.5. The largest absolute Gasteiger partial charge is 0.481 e. The second-order valence-corrected chi connectivity index (χ2v) is 5.92. The Morgan fingerprint density at radius 3 is 2.67 bits per heavy atom. The standard InChI is InChI=1S/C17H19N3O4/c1-11-18-19-17(24-11)14-9-12-5-2-3-6-13(12)10-20(14)15(21)7-4-8-16(22)23/h2-3,5-6,14H,4,7-10H2,1H3,(H,22,23). The zero-order valence-corrected chi connectivity index (χ0v) is 13.4. The number of carbonyl (C=O) groups is 2. The number of carbonyl (C=O) groups excluding carboxylic acids is 1. The van der Waals surface area contributed by atoms with Crippen molar-refractivity contribution in [3.05, 3.63) is 47.2 Å². The number of aryl methyl sites for hydroxylation is 1. The molecule has 1 amide bonds. The Labute approximate surface area is 139 Å². The highest BCUT2D eigenvalue weighted by molar-refractivity contribution is 5.77. The number of benzene rings is 1. The highest BCUT2D eigenvalue weighted by Gasteiger charge is 2.33. The summed E-state index contributed by atoms with van der Waals surface area (Å²) in [6.45, 7) is 2.18. The summed E-state index contributed by atoms with van der Waals surface area (Å²) in [7, 11) is 0. The number of carboxylic acids is 1. The summed E-state index contributed by atoms with van der Waals surface area (Å²) in [6, 6.07) is 7.65. The molecule has 1 aliphatic heterocycles. The van der Waals surface area contributed by atoms with Crippen LogP contribution in [0.3, 0.4) is 0 Å². The smallest absolute Gasteiger partial charge is 0.303 e. The molecule has 1 atom stereocenters. The molecule has 0 radical (unpaired) electrons. The average Bonchev–Trinajstić information content (AvgIpc) is 2.99. The van der Waals surface area contributed by atoms with Crippen LogP contribution in [-0.4, -0.2) is 32.1 Å². The molecule has 1 aromatic heterocycles. The molecule has 0 fully saturated rings. The SMILES string of the molecule is Cc1nnc(C2Cc3ccccc3CN2C(=O)CCCC(=O)O)o1. The van der Waals surface area contributed by atoms with Crippen LogP contribution in [0.2, 0.25) is 0 Å². The van der Waals surface area contributed by atoms with E-state index in [0.717, 1.165) is 11.1 Å². The lowest BCUT2D eigenvalue weighted by molar-refractivity contribution is -0.138. The molecule has 7 nitrogen and oxygen atoms in total. The maximum absolute atomic E-state index is 12.6. The quantitative estimate of drug-likeness (QED) is 0.904. The van der Waals surface area contributed by atoms with E-state index in [9.17, 15) is 9.59 Å². The van der Waals surface area contributed by atoms with E-state index in [1.165, 1.54) is 0 Å². The summed E-state index contributed by atoms with van der Waals surface area (Å²) >= 11 is 0. The Morgan fingerprint density at radius 2 is 2.00 bits per heavy atom. The van der Waals surface area contributed by atoms with Gasteiger partial charge in [0.05, 0.1) is 0 Å². The van der Waals surface area contributed by atoms with E-state index in [2.05, 4.69) is 10.2 Å². The molecule has 24 heavy (non-hydrogen) atoms. The van der Waals surface area contributed by atoms with Gasteiger partial charge in [-0.3, -0.25) is 9.59 Å². The van der Waals surface area contributed by atoms with Crippen LogP contribution in [0.25, 0.3) is 0 Å². The number of nitrogens with zero attached hydrogens (tertiary/aromatic N) is 3. The third kappa shape index (κ3) is 3.45. The number of hydrogen-bond donors (Lipinski definition) is 1. The van der Waals surface area contributed by atoms with E-state index in [1.807, 2.05) is 24.3 Å². The number of aliphatic carboxylic acids is 1. The second kappa shape index (κ2) is 6.82. The summed E-state index contributed by atoms with van der Waals surface area (Å²) in [5.41, 5.74) is 2.25. The van der Waals surface area contributed by atoms with Crippen LogP contribution in [0.4, 0.5) is 0 Å². The van der Waals surface area contributed by atoms with Gasteiger partial charge >= 0.3 is 5.97 Å². The van der Waals surface area contributed by atoms with Crippen LogP contribution in [0.1, 0.15) is 48.2 Å². The highest BCUT2D eigenvalue weighted by Crippen LogP contribution is 2.33. The Morgan fingerprint density at radius 1 is 1.25 bits per heavy atom. The van der Waals surface area contributed by atoms with Crippen molar-refractivity contribution in [2.24, 2.45) is 0 Å². The van der Waals surface area contributed by atoms with Crippen LogP contribution >= 0.6 is 0 Å². The third-order valence-corrected chi connectivity index (χ3v) is 4.18. The van der Waals surface area contributed by atoms with Gasteiger partial charge in [0.15, 0.2) is 0 Å². The zero-order valence-electron chi connectivity index (χ0n) is 13.4. The second-order valence-electron chi connectivity index (χ2n) is 5.92. The number of fused-ring (bicyclic) bond motifs is 1. The summed E-state index contributed by atoms with van der Waals surface area (Å²) < 4.78 is 5.55. The fraction of sp³-hybridized carbons (Fsp3) is 0.412. The van der Waals surface area contributed by atoms with Crippen molar-refractivity contribution in [2.75, 3.05) is 0 Å². The molecule has 3 rings (SSSR count). The molecule has 126 valence electrons. The lowest BCUT2D eigenvalue weighted by atomic mass is 9.93. The molecular formula is C17H19N3O4. The number of aromatic nitrogens is 2. The molecule has 0 saturated heterocycles. The highest BCUT2D eigenvalue weighted by atomic mass is 16.4. The van der Waals surface area contributed by atoms with Gasteiger partial charge in [-0.25, -0.2) is 0 Å². The molecular weight excluding hydrogens is 310 g/mol. The Balaban J connectivity index is 1.83. The van der Waals surface area contributed by atoms with Crippen molar-refractivity contribution in [3.63, 3.8) is 0 Å². The van der Waals surface area contributed by atoms with Gasteiger partial charge in [0.25, 0.3) is 0 Å². The molecule has 0 bridgehead atoms. The predicted octanol–water partition coefficient (Wildman–Crippen LogP) is 2.26. The first-order valence-electron chi connectivity index (χ1n) is 7.92. The molecule has 0 saturated carbocycles. The van der Waals surface area contributed by atoms with Gasteiger partial charge in [-0.05, 0) is 17.5 Å².